The Bertz CT molecular complexity index is 1170. The second-order valence-electron chi connectivity index (χ2n) is 6.37. The van der Waals surface area contributed by atoms with Crippen molar-refractivity contribution in [1.82, 2.24) is 4.57 Å². The number of aryl methyl sites for hydroxylation is 1. The molecule has 1 heterocycles. The Morgan fingerprint density at radius 3 is 2.23 bits per heavy atom. The number of rotatable bonds is 8. The van der Waals surface area contributed by atoms with Crippen molar-refractivity contribution in [3.05, 3.63) is 50.8 Å². The Kier molecular flexibility index (Phi) is 6.91. The van der Waals surface area contributed by atoms with Crippen molar-refractivity contribution in [1.29, 1.82) is 0 Å². The minimum Gasteiger partial charge on any atom is -0.490 e. The largest absolute Gasteiger partial charge is 0.490 e. The topological polar surface area (TPSA) is 105 Å². The number of non-ortho nitro benzene ring substituents is 1. The molecule has 0 radical (unpaired) electrons. The molecule has 0 N–H and O–H groups in total. The minimum absolute atomic E-state index is 0.0204. The van der Waals surface area contributed by atoms with E-state index in [4.69, 9.17) is 14.2 Å². The number of fused-ring (bicyclic) bond motifs is 1. The van der Waals surface area contributed by atoms with E-state index in [0.29, 0.717) is 53.0 Å². The Morgan fingerprint density at radius 1 is 1.06 bits per heavy atom. The SMILES string of the molecule is CCOc1cc(C(=O)N=c2sc3ccc([N+](=O)[O-])cc3n2C)cc(OCC)c1OCC. The molecule has 31 heavy (non-hydrogen) atoms. The lowest BCUT2D eigenvalue weighted by Gasteiger charge is -2.16. The van der Waals surface area contributed by atoms with Crippen LogP contribution in [0.5, 0.6) is 17.2 Å². The van der Waals surface area contributed by atoms with E-state index in [9.17, 15) is 14.9 Å². The zero-order valence-corrected chi connectivity index (χ0v) is 18.5. The molecule has 0 saturated carbocycles. The fraction of sp³-hybridized carbons (Fsp3) is 0.333. The maximum atomic E-state index is 13.0. The first-order valence-corrected chi connectivity index (χ1v) is 10.6. The molecular formula is C21H23N3O6S. The average molecular weight is 445 g/mol. The lowest BCUT2D eigenvalue weighted by Crippen LogP contribution is -2.13. The molecular weight excluding hydrogens is 422 g/mol. The summed E-state index contributed by atoms with van der Waals surface area (Å²) in [5.74, 6) is 0.777. The standard InChI is InChI=1S/C21H23N3O6S/c1-5-28-16-10-13(11-17(29-6-2)19(16)30-7-3)20(25)22-21-23(4)15-12-14(24(26)27)8-9-18(15)31-21/h8-12H,5-7H2,1-4H3. The highest BCUT2D eigenvalue weighted by Gasteiger charge is 2.19. The minimum atomic E-state index is -0.485. The second-order valence-corrected chi connectivity index (χ2v) is 7.38. The third kappa shape index (κ3) is 4.69. The average Bonchev–Trinajstić information content (AvgIpc) is 3.05. The fourth-order valence-corrected chi connectivity index (χ4v) is 4.00. The van der Waals surface area contributed by atoms with Crippen LogP contribution in [0.2, 0.25) is 0 Å². The summed E-state index contributed by atoms with van der Waals surface area (Å²) in [5, 5.41) is 11.1. The Balaban J connectivity index is 2.09. The zero-order chi connectivity index (χ0) is 22.5. The molecule has 1 amide bonds. The molecule has 0 aliphatic carbocycles. The molecule has 0 aliphatic rings. The lowest BCUT2D eigenvalue weighted by molar-refractivity contribution is -0.384. The van der Waals surface area contributed by atoms with E-state index in [-0.39, 0.29) is 5.69 Å². The van der Waals surface area contributed by atoms with Crippen molar-refractivity contribution < 1.29 is 23.9 Å². The highest BCUT2D eigenvalue weighted by Crippen LogP contribution is 2.39. The molecule has 9 nitrogen and oxygen atoms in total. The summed E-state index contributed by atoms with van der Waals surface area (Å²) < 4.78 is 19.4. The summed E-state index contributed by atoms with van der Waals surface area (Å²) in [6, 6.07) is 7.72. The predicted octanol–water partition coefficient (Wildman–Crippen LogP) is 4.09. The molecule has 3 aromatic rings. The molecule has 0 saturated heterocycles. The lowest BCUT2D eigenvalue weighted by atomic mass is 10.1. The molecule has 1 aromatic heterocycles. The first kappa shape index (κ1) is 22.3. The number of thiazole rings is 1. The predicted molar refractivity (Wildman–Crippen MR) is 117 cm³/mol. The number of nitro groups is 1. The van der Waals surface area contributed by atoms with Gasteiger partial charge in [-0.1, -0.05) is 11.3 Å². The van der Waals surface area contributed by atoms with Crippen LogP contribution < -0.4 is 19.0 Å². The van der Waals surface area contributed by atoms with Gasteiger partial charge in [0.15, 0.2) is 16.3 Å². The molecule has 3 rings (SSSR count). The van der Waals surface area contributed by atoms with Crippen LogP contribution in [-0.2, 0) is 7.05 Å². The highest BCUT2D eigenvalue weighted by atomic mass is 32.1. The number of hydrogen-bond donors (Lipinski definition) is 0. The van der Waals surface area contributed by atoms with Crippen molar-refractivity contribution in [3.8, 4) is 17.2 Å². The maximum Gasteiger partial charge on any atom is 0.279 e. The van der Waals surface area contributed by atoms with Crippen LogP contribution in [0.25, 0.3) is 10.2 Å². The van der Waals surface area contributed by atoms with Gasteiger partial charge in [0.05, 0.1) is 35.0 Å². The quantitative estimate of drug-likeness (QED) is 0.382. The van der Waals surface area contributed by atoms with Gasteiger partial charge in [0.25, 0.3) is 11.6 Å². The number of nitrogens with zero attached hydrogens (tertiary/aromatic N) is 3. The number of aromatic nitrogens is 1. The van der Waals surface area contributed by atoms with Crippen molar-refractivity contribution >= 4 is 33.1 Å². The van der Waals surface area contributed by atoms with Crippen LogP contribution in [0, 0.1) is 10.1 Å². The van der Waals surface area contributed by atoms with Crippen molar-refractivity contribution in [2.45, 2.75) is 20.8 Å². The molecule has 0 bridgehead atoms. The summed E-state index contributed by atoms with van der Waals surface area (Å²) in [4.78, 5) is 28.2. The maximum absolute atomic E-state index is 13.0. The molecule has 0 fully saturated rings. The van der Waals surface area contributed by atoms with Crippen LogP contribution in [0.15, 0.2) is 35.3 Å². The fourth-order valence-electron chi connectivity index (χ4n) is 3.00. The Labute approximate surface area is 182 Å². The summed E-state index contributed by atoms with van der Waals surface area (Å²) in [7, 11) is 1.71. The van der Waals surface area contributed by atoms with Crippen LogP contribution in [0.3, 0.4) is 0 Å². The smallest absolute Gasteiger partial charge is 0.279 e. The number of nitro benzene ring substituents is 1. The number of benzene rings is 2. The number of carbonyl (C=O) groups is 1. The van der Waals surface area contributed by atoms with E-state index in [1.807, 2.05) is 20.8 Å². The van der Waals surface area contributed by atoms with Gasteiger partial charge in [0.2, 0.25) is 5.75 Å². The Hall–Kier alpha value is -3.40. The van der Waals surface area contributed by atoms with Gasteiger partial charge in [0, 0.05) is 24.7 Å². The monoisotopic (exact) mass is 445 g/mol. The number of ether oxygens (including phenoxy) is 3. The van der Waals surface area contributed by atoms with Gasteiger partial charge >= 0.3 is 0 Å². The molecule has 2 aromatic carbocycles. The van der Waals surface area contributed by atoms with E-state index in [1.165, 1.54) is 23.5 Å². The molecule has 164 valence electrons. The first-order chi connectivity index (χ1) is 14.9. The number of hydrogen-bond acceptors (Lipinski definition) is 7. The van der Waals surface area contributed by atoms with Crippen LogP contribution >= 0.6 is 11.3 Å². The number of carbonyl (C=O) groups excluding carboxylic acids is 1. The first-order valence-electron chi connectivity index (χ1n) is 9.79. The van der Waals surface area contributed by atoms with Gasteiger partial charge in [-0.05, 0) is 39.0 Å². The van der Waals surface area contributed by atoms with Crippen LogP contribution in [0.1, 0.15) is 31.1 Å². The van der Waals surface area contributed by atoms with E-state index in [1.54, 1.807) is 29.8 Å². The molecule has 0 spiro atoms. The van der Waals surface area contributed by atoms with Gasteiger partial charge in [-0.25, -0.2) is 0 Å². The highest BCUT2D eigenvalue weighted by molar-refractivity contribution is 7.16. The normalized spacial score (nSPS) is 11.5. The Morgan fingerprint density at radius 2 is 1.68 bits per heavy atom. The van der Waals surface area contributed by atoms with Crippen LogP contribution in [-0.4, -0.2) is 35.2 Å². The van der Waals surface area contributed by atoms with Gasteiger partial charge in [-0.3, -0.25) is 14.9 Å². The van der Waals surface area contributed by atoms with Gasteiger partial charge in [-0.15, -0.1) is 0 Å². The van der Waals surface area contributed by atoms with Gasteiger partial charge in [-0.2, -0.15) is 4.99 Å². The summed E-state index contributed by atoms with van der Waals surface area (Å²) in [6.07, 6.45) is 0. The molecule has 0 atom stereocenters. The third-order valence-corrected chi connectivity index (χ3v) is 5.47. The molecule has 0 unspecified atom stereocenters. The molecule has 0 aliphatic heterocycles. The van der Waals surface area contributed by atoms with E-state index >= 15 is 0 Å². The summed E-state index contributed by atoms with van der Waals surface area (Å²) >= 11 is 1.27. The summed E-state index contributed by atoms with van der Waals surface area (Å²) in [6.45, 7) is 6.73. The summed E-state index contributed by atoms with van der Waals surface area (Å²) in [5.41, 5.74) is 0.897. The molecule has 10 heteroatoms. The van der Waals surface area contributed by atoms with E-state index < -0.39 is 10.8 Å². The van der Waals surface area contributed by atoms with Crippen molar-refractivity contribution in [2.75, 3.05) is 19.8 Å². The zero-order valence-electron chi connectivity index (χ0n) is 17.7. The van der Waals surface area contributed by atoms with Gasteiger partial charge in [0.1, 0.15) is 0 Å². The van der Waals surface area contributed by atoms with Crippen molar-refractivity contribution in [2.24, 2.45) is 12.0 Å². The van der Waals surface area contributed by atoms with E-state index in [0.717, 1.165) is 4.70 Å². The van der Waals surface area contributed by atoms with E-state index in [2.05, 4.69) is 4.99 Å². The number of amides is 1. The third-order valence-electron chi connectivity index (χ3n) is 4.36. The van der Waals surface area contributed by atoms with Crippen LogP contribution in [0.4, 0.5) is 5.69 Å². The van der Waals surface area contributed by atoms with Gasteiger partial charge < -0.3 is 18.8 Å². The van der Waals surface area contributed by atoms with Crippen molar-refractivity contribution in [3.63, 3.8) is 0 Å². The second kappa shape index (κ2) is 9.61.